The quantitative estimate of drug-likeness (QED) is 0.638. The molecule has 0 bridgehead atoms. The van der Waals surface area contributed by atoms with Crippen molar-refractivity contribution < 1.29 is 0 Å². The fraction of sp³-hybridized carbons (Fsp3) is 0.375. The second kappa shape index (κ2) is 5.83. The number of hydrogen-bond acceptors (Lipinski definition) is 3. The van der Waals surface area contributed by atoms with Crippen LogP contribution in [0.2, 0.25) is 0 Å². The van der Waals surface area contributed by atoms with Gasteiger partial charge in [-0.2, -0.15) is 5.10 Å². The molecule has 0 amide bonds. The van der Waals surface area contributed by atoms with Gasteiger partial charge in [0, 0.05) is 11.1 Å². The monoisotopic (exact) mass is 253 g/mol. The van der Waals surface area contributed by atoms with Crippen LogP contribution in [0.3, 0.4) is 0 Å². The van der Waals surface area contributed by atoms with Crippen molar-refractivity contribution in [2.75, 3.05) is 5.43 Å². The number of nitrogens with zero attached hydrogens (tertiary/aromatic N) is 2. The number of fused-ring (bicyclic) bond motifs is 1. The minimum Gasteiger partial charge on any atom is -0.261 e. The van der Waals surface area contributed by atoms with Gasteiger partial charge in [0.2, 0.25) is 0 Å². The smallest absolute Gasteiger partial charge is 0.146 e. The minimum atomic E-state index is 0.829. The first kappa shape index (κ1) is 12.2. The highest BCUT2D eigenvalue weighted by atomic mass is 15.3. The number of nitrogens with one attached hydrogen (secondary N) is 1. The van der Waals surface area contributed by atoms with E-state index in [1.54, 1.807) is 0 Å². The average molecular weight is 253 g/mol. The zero-order valence-corrected chi connectivity index (χ0v) is 11.1. The molecule has 3 heteroatoms. The van der Waals surface area contributed by atoms with Crippen molar-refractivity contribution in [1.82, 2.24) is 4.98 Å². The maximum Gasteiger partial charge on any atom is 0.146 e. The van der Waals surface area contributed by atoms with Gasteiger partial charge in [-0.15, -0.1) is 0 Å². The van der Waals surface area contributed by atoms with Crippen LogP contribution in [0.25, 0.3) is 10.9 Å². The number of pyridine rings is 1. The summed E-state index contributed by atoms with van der Waals surface area (Å²) in [5.41, 5.74) is 5.40. The summed E-state index contributed by atoms with van der Waals surface area (Å²) in [6, 6.07) is 12.2. The summed E-state index contributed by atoms with van der Waals surface area (Å²) in [5, 5.41) is 5.69. The largest absolute Gasteiger partial charge is 0.261 e. The zero-order chi connectivity index (χ0) is 12.9. The molecule has 0 unspecified atom stereocenters. The third-order valence-electron chi connectivity index (χ3n) is 3.61. The van der Waals surface area contributed by atoms with Gasteiger partial charge in [0.05, 0.1) is 5.52 Å². The third-order valence-corrected chi connectivity index (χ3v) is 3.61. The van der Waals surface area contributed by atoms with Crippen molar-refractivity contribution in [3.05, 3.63) is 36.4 Å². The molecule has 2 aromatic rings. The lowest BCUT2D eigenvalue weighted by molar-refractivity contribution is 0.702. The molecule has 3 nitrogen and oxygen atoms in total. The van der Waals surface area contributed by atoms with E-state index in [2.05, 4.69) is 27.6 Å². The van der Waals surface area contributed by atoms with E-state index >= 15 is 0 Å². The molecular weight excluding hydrogens is 234 g/mol. The Hall–Kier alpha value is -1.90. The van der Waals surface area contributed by atoms with Crippen LogP contribution in [-0.4, -0.2) is 10.7 Å². The van der Waals surface area contributed by atoms with Crippen LogP contribution in [0, 0.1) is 0 Å². The molecule has 1 saturated carbocycles. The third kappa shape index (κ3) is 3.11. The van der Waals surface area contributed by atoms with Gasteiger partial charge in [-0.25, -0.2) is 4.98 Å². The fourth-order valence-corrected chi connectivity index (χ4v) is 2.51. The van der Waals surface area contributed by atoms with E-state index in [4.69, 9.17) is 0 Å². The minimum absolute atomic E-state index is 0.829. The first-order chi connectivity index (χ1) is 9.42. The van der Waals surface area contributed by atoms with Crippen molar-refractivity contribution in [1.29, 1.82) is 0 Å². The van der Waals surface area contributed by atoms with Crippen LogP contribution in [0.5, 0.6) is 0 Å². The summed E-state index contributed by atoms with van der Waals surface area (Å²) in [7, 11) is 0. The highest BCUT2D eigenvalue weighted by Crippen LogP contribution is 2.17. The predicted molar refractivity (Wildman–Crippen MR) is 80.5 cm³/mol. The summed E-state index contributed by atoms with van der Waals surface area (Å²) < 4.78 is 0. The molecule has 1 aliphatic rings. The van der Waals surface area contributed by atoms with Crippen molar-refractivity contribution in [2.45, 2.75) is 38.5 Å². The highest BCUT2D eigenvalue weighted by molar-refractivity contribution is 5.85. The van der Waals surface area contributed by atoms with Gasteiger partial charge in [-0.1, -0.05) is 31.0 Å². The van der Waals surface area contributed by atoms with Crippen molar-refractivity contribution in [3.8, 4) is 0 Å². The number of benzene rings is 1. The van der Waals surface area contributed by atoms with Crippen LogP contribution in [0.1, 0.15) is 38.5 Å². The van der Waals surface area contributed by atoms with E-state index in [1.165, 1.54) is 31.4 Å². The van der Waals surface area contributed by atoms with Gasteiger partial charge < -0.3 is 0 Å². The topological polar surface area (TPSA) is 37.3 Å². The van der Waals surface area contributed by atoms with Crippen LogP contribution < -0.4 is 5.43 Å². The van der Waals surface area contributed by atoms with E-state index in [9.17, 15) is 0 Å². The maximum atomic E-state index is 4.56. The Morgan fingerprint density at radius 3 is 2.53 bits per heavy atom. The number of para-hydroxylation sites is 1. The molecule has 1 aromatic heterocycles. The second-order valence-electron chi connectivity index (χ2n) is 5.09. The molecule has 1 aliphatic carbocycles. The van der Waals surface area contributed by atoms with Crippen LogP contribution in [0.4, 0.5) is 5.82 Å². The molecule has 0 spiro atoms. The summed E-state index contributed by atoms with van der Waals surface area (Å²) in [4.78, 5) is 4.56. The average Bonchev–Trinajstić information content (AvgIpc) is 2.73. The van der Waals surface area contributed by atoms with E-state index < -0.39 is 0 Å². The molecule has 1 heterocycles. The van der Waals surface area contributed by atoms with E-state index in [0.717, 1.165) is 29.6 Å². The Bertz CT molecular complexity index is 579. The molecule has 1 N–H and O–H groups in total. The Morgan fingerprint density at radius 1 is 0.895 bits per heavy atom. The molecule has 3 rings (SSSR count). The normalized spacial score (nSPS) is 16.1. The Kier molecular flexibility index (Phi) is 3.73. The van der Waals surface area contributed by atoms with Crippen LogP contribution >= 0.6 is 0 Å². The van der Waals surface area contributed by atoms with E-state index in [0.29, 0.717) is 0 Å². The molecular formula is C16H19N3. The molecule has 1 aromatic carbocycles. The first-order valence-corrected chi connectivity index (χ1v) is 7.09. The zero-order valence-electron chi connectivity index (χ0n) is 11.1. The Balaban J connectivity index is 1.75. The SMILES string of the molecule is c1ccc2nc(NN=C3CCCCCC3)ccc2c1. The standard InChI is InChI=1S/C16H19N3/c1-2-4-9-14(8-3-1)18-19-16-12-11-13-7-5-6-10-15(13)17-16/h5-7,10-12H,1-4,8-9H2,(H,17,19). The molecule has 0 aliphatic heterocycles. The lowest BCUT2D eigenvalue weighted by Gasteiger charge is -2.05. The summed E-state index contributed by atoms with van der Waals surface area (Å²) in [6.45, 7) is 0. The second-order valence-corrected chi connectivity index (χ2v) is 5.09. The number of hydrogen-bond donors (Lipinski definition) is 1. The highest BCUT2D eigenvalue weighted by Gasteiger charge is 2.05. The Morgan fingerprint density at radius 2 is 1.68 bits per heavy atom. The summed E-state index contributed by atoms with van der Waals surface area (Å²) in [6.07, 6.45) is 7.47. The van der Waals surface area contributed by atoms with Crippen molar-refractivity contribution >= 4 is 22.4 Å². The number of hydrazone groups is 1. The number of aromatic nitrogens is 1. The van der Waals surface area contributed by atoms with Gasteiger partial charge in [0.1, 0.15) is 5.82 Å². The van der Waals surface area contributed by atoms with E-state index in [-0.39, 0.29) is 0 Å². The molecule has 0 atom stereocenters. The first-order valence-electron chi connectivity index (χ1n) is 7.09. The van der Waals surface area contributed by atoms with Crippen molar-refractivity contribution in [2.24, 2.45) is 5.10 Å². The fourth-order valence-electron chi connectivity index (χ4n) is 2.51. The lowest BCUT2D eigenvalue weighted by atomic mass is 10.2. The number of anilines is 1. The van der Waals surface area contributed by atoms with Gasteiger partial charge in [-0.3, -0.25) is 5.43 Å². The van der Waals surface area contributed by atoms with Gasteiger partial charge in [0.25, 0.3) is 0 Å². The lowest BCUT2D eigenvalue weighted by Crippen LogP contribution is -2.01. The Labute approximate surface area is 113 Å². The van der Waals surface area contributed by atoms with E-state index in [1.807, 2.05) is 24.3 Å². The summed E-state index contributed by atoms with van der Waals surface area (Å²) >= 11 is 0. The van der Waals surface area contributed by atoms with Gasteiger partial charge in [0.15, 0.2) is 0 Å². The summed E-state index contributed by atoms with van der Waals surface area (Å²) in [5.74, 6) is 0.829. The number of rotatable bonds is 2. The molecule has 0 saturated heterocycles. The molecule has 98 valence electrons. The van der Waals surface area contributed by atoms with Crippen LogP contribution in [-0.2, 0) is 0 Å². The maximum absolute atomic E-state index is 4.56. The van der Waals surface area contributed by atoms with Gasteiger partial charge >= 0.3 is 0 Å². The molecule has 0 radical (unpaired) electrons. The molecule has 1 fully saturated rings. The molecule has 19 heavy (non-hydrogen) atoms. The van der Waals surface area contributed by atoms with Crippen molar-refractivity contribution in [3.63, 3.8) is 0 Å². The van der Waals surface area contributed by atoms with Crippen LogP contribution in [0.15, 0.2) is 41.5 Å². The van der Waals surface area contributed by atoms with Gasteiger partial charge in [-0.05, 0) is 43.9 Å². The predicted octanol–water partition coefficient (Wildman–Crippen LogP) is 4.36.